The molecular weight excluding hydrogens is 816 g/mol. The first-order chi connectivity index (χ1) is 25.8. The lowest BCUT2D eigenvalue weighted by Gasteiger charge is -2.45. The molecule has 8 nitrogen and oxygen atoms in total. The van der Waals surface area contributed by atoms with Crippen LogP contribution in [-0.2, 0) is 20.2 Å². The van der Waals surface area contributed by atoms with Crippen LogP contribution in [0.4, 0.5) is 5.82 Å². The molecule has 1 N–H and O–H groups in total. The number of nitrogens with zero attached hydrogens (tertiary/aromatic N) is 3. The van der Waals surface area contributed by atoms with Gasteiger partial charge in [-0.2, -0.15) is 0 Å². The largest absolute Gasteiger partial charge is 0.597 e. The molecule has 1 aliphatic rings. The van der Waals surface area contributed by atoms with Crippen molar-refractivity contribution in [1.82, 2.24) is 14.3 Å². The van der Waals surface area contributed by atoms with Crippen LogP contribution in [0.1, 0.15) is 128 Å². The summed E-state index contributed by atoms with van der Waals surface area (Å²) in [5.41, 5.74) is 3.25. The van der Waals surface area contributed by atoms with Crippen LogP contribution in [0.3, 0.4) is 0 Å². The number of anilines is 1. The van der Waals surface area contributed by atoms with Crippen molar-refractivity contribution in [1.29, 1.82) is 0 Å². The molecule has 0 radical (unpaired) electrons. The zero-order valence-electron chi connectivity index (χ0n) is 36.3. The monoisotopic (exact) mass is 880 g/mol. The topological polar surface area (TPSA) is 99.6 Å². The summed E-state index contributed by atoms with van der Waals surface area (Å²) in [6, 6.07) is 8.78. The highest BCUT2D eigenvalue weighted by atomic mass is 35.5. The second-order valence-electron chi connectivity index (χ2n) is 18.9. The van der Waals surface area contributed by atoms with Crippen molar-refractivity contribution < 1.29 is 18.2 Å². The van der Waals surface area contributed by atoms with Crippen LogP contribution in [0.25, 0.3) is 0 Å². The van der Waals surface area contributed by atoms with Gasteiger partial charge in [0.25, 0.3) is 0 Å². The van der Waals surface area contributed by atoms with Gasteiger partial charge in [-0.15, -0.1) is 15.6 Å². The first kappa shape index (κ1) is 47.4. The first-order valence-electron chi connectivity index (χ1n) is 19.9. The number of ketones is 1. The molecule has 5 atom stereocenters. The van der Waals surface area contributed by atoms with E-state index in [1.807, 2.05) is 52.1 Å². The van der Waals surface area contributed by atoms with E-state index >= 15 is 0 Å². The Morgan fingerprint density at radius 2 is 1.66 bits per heavy atom. The van der Waals surface area contributed by atoms with Crippen molar-refractivity contribution in [3.8, 4) is 0 Å². The summed E-state index contributed by atoms with van der Waals surface area (Å²) < 4.78 is 29.8. The van der Waals surface area contributed by atoms with Gasteiger partial charge < -0.3 is 18.7 Å². The van der Waals surface area contributed by atoms with E-state index in [-0.39, 0.29) is 28.9 Å². The number of benzene rings is 1. The molecule has 1 aromatic carbocycles. The van der Waals surface area contributed by atoms with E-state index in [2.05, 4.69) is 90.7 Å². The van der Waals surface area contributed by atoms with E-state index in [9.17, 15) is 9.35 Å². The minimum absolute atomic E-state index is 0.0170. The second kappa shape index (κ2) is 18.5. The van der Waals surface area contributed by atoms with Gasteiger partial charge in [0, 0.05) is 53.8 Å². The van der Waals surface area contributed by atoms with Crippen LogP contribution in [0.2, 0.25) is 44.1 Å². The van der Waals surface area contributed by atoms with Crippen LogP contribution < -0.4 is 5.32 Å². The lowest BCUT2D eigenvalue weighted by atomic mass is 10.0. The highest BCUT2D eigenvalue weighted by molar-refractivity contribution is 7.90. The zero-order chi connectivity index (χ0) is 42.1. The molecule has 2 unspecified atom stereocenters. The highest BCUT2D eigenvalue weighted by Gasteiger charge is 2.50. The molecule has 0 saturated heterocycles. The van der Waals surface area contributed by atoms with Crippen LogP contribution in [0.15, 0.2) is 42.9 Å². The average molecular weight is 882 g/mol. The molecular formula is C42H66Cl2N4O4S2Si2. The molecule has 0 spiro atoms. The summed E-state index contributed by atoms with van der Waals surface area (Å²) in [4.78, 5) is 23.8. The molecule has 14 heteroatoms. The third kappa shape index (κ3) is 10.5. The molecule has 0 aliphatic heterocycles. The molecule has 1 saturated carbocycles. The Morgan fingerprint density at radius 3 is 2.21 bits per heavy atom. The Bertz CT molecular complexity index is 1770. The van der Waals surface area contributed by atoms with Crippen molar-refractivity contribution in [3.63, 3.8) is 0 Å². The summed E-state index contributed by atoms with van der Waals surface area (Å²) in [5, 5.41) is 4.33. The number of hydrogen-bond donors (Lipinski definition) is 1. The van der Waals surface area contributed by atoms with Gasteiger partial charge in [-0.25, -0.2) is 9.97 Å². The second-order valence-corrected chi connectivity index (χ2v) is 33.5. The van der Waals surface area contributed by atoms with E-state index in [0.29, 0.717) is 54.4 Å². The molecule has 1 aliphatic carbocycles. The number of rotatable bonds is 16. The Morgan fingerprint density at radius 1 is 1.04 bits per heavy atom. The molecule has 312 valence electrons. The first-order valence-corrected chi connectivity index (χ1v) is 27.7. The minimum Gasteiger partial charge on any atom is -0.597 e. The summed E-state index contributed by atoms with van der Waals surface area (Å²) in [6.07, 6.45) is 4.71. The molecule has 0 amide bonds. The number of carbonyl (C=O) groups is 1. The van der Waals surface area contributed by atoms with Gasteiger partial charge in [-0.3, -0.25) is 4.79 Å². The highest BCUT2D eigenvalue weighted by Crippen LogP contribution is 2.47. The summed E-state index contributed by atoms with van der Waals surface area (Å²) in [6.45, 7) is 31.9. The SMILES string of the molecule is CC(C)[Si](O[C@H]1C[C@H](Nc2ncncc2C(=O)c2cc(C(c3cccc(Cl)c3)N(C)[S+]([O-])C(C)(C)C)c(Cl)s2)C[C@@H]1CO[Si](C)(C)C(C)(C)C)(C(C)C)C(C)C. The lowest BCUT2D eigenvalue weighted by Crippen LogP contribution is -2.51. The predicted octanol–water partition coefficient (Wildman–Crippen LogP) is 12.3. The van der Waals surface area contributed by atoms with Crippen molar-refractivity contribution in [3.05, 3.63) is 73.8 Å². The fourth-order valence-electron chi connectivity index (χ4n) is 8.13. The number of hydrogen-bond acceptors (Lipinski definition) is 9. The fraction of sp³-hybridized carbons (Fsp3) is 0.643. The van der Waals surface area contributed by atoms with E-state index in [1.54, 1.807) is 16.6 Å². The molecule has 1 fully saturated rings. The quantitative estimate of drug-likeness (QED) is 0.0863. The Kier molecular flexibility index (Phi) is 15.7. The molecule has 56 heavy (non-hydrogen) atoms. The van der Waals surface area contributed by atoms with Gasteiger partial charge in [-0.1, -0.05) is 97.6 Å². The third-order valence-electron chi connectivity index (χ3n) is 12.0. The van der Waals surface area contributed by atoms with Gasteiger partial charge >= 0.3 is 0 Å². The molecule has 2 aromatic heterocycles. The van der Waals surface area contributed by atoms with E-state index in [0.717, 1.165) is 18.4 Å². The molecule has 0 bridgehead atoms. The fourth-order valence-corrected chi connectivity index (χ4v) is 17.6. The van der Waals surface area contributed by atoms with Crippen LogP contribution >= 0.6 is 34.5 Å². The van der Waals surface area contributed by atoms with E-state index in [1.165, 1.54) is 17.7 Å². The Labute approximate surface area is 356 Å². The smallest absolute Gasteiger partial charge is 0.208 e. The van der Waals surface area contributed by atoms with Crippen molar-refractivity contribution in [2.24, 2.45) is 5.92 Å². The van der Waals surface area contributed by atoms with Gasteiger partial charge in [-0.05, 0) is 92.1 Å². The zero-order valence-corrected chi connectivity index (χ0v) is 41.4. The maximum absolute atomic E-state index is 14.4. The third-order valence-corrected chi connectivity index (χ3v) is 26.0. The lowest BCUT2D eigenvalue weighted by molar-refractivity contribution is 0.0971. The van der Waals surface area contributed by atoms with Crippen LogP contribution in [0, 0.1) is 5.92 Å². The van der Waals surface area contributed by atoms with Crippen molar-refractivity contribution in [2.75, 3.05) is 19.0 Å². The van der Waals surface area contributed by atoms with Gasteiger partial charge in [0.1, 0.15) is 22.9 Å². The number of halogens is 2. The van der Waals surface area contributed by atoms with Gasteiger partial charge in [0.2, 0.25) is 14.1 Å². The molecule has 2 heterocycles. The Hall–Kier alpha value is -1.33. The summed E-state index contributed by atoms with van der Waals surface area (Å²) in [5.74, 6) is 0.455. The van der Waals surface area contributed by atoms with E-state index < -0.39 is 38.8 Å². The maximum Gasteiger partial charge on any atom is 0.208 e. The molecule has 4 rings (SSSR count). The number of carbonyl (C=O) groups excluding carboxylic acids is 1. The van der Waals surface area contributed by atoms with Crippen LogP contribution in [0.5, 0.6) is 0 Å². The van der Waals surface area contributed by atoms with E-state index in [4.69, 9.17) is 32.1 Å². The Balaban J connectivity index is 1.68. The van der Waals surface area contributed by atoms with Crippen LogP contribution in [-0.4, -0.2) is 71.8 Å². The summed E-state index contributed by atoms with van der Waals surface area (Å²) >= 11 is 13.2. The summed E-state index contributed by atoms with van der Waals surface area (Å²) in [7, 11) is -2.39. The normalized spacial score (nSPS) is 19.7. The predicted molar refractivity (Wildman–Crippen MR) is 243 cm³/mol. The number of aromatic nitrogens is 2. The standard InChI is InChI=1S/C42H66Cl2N4O4S2Si2/c1-26(2)56(27(3)4,28(5)6)52-35-21-32(20-30(35)24-51-55(14,15)42(10,11)12)47-40-34(23-45-25-46-40)38(49)36-22-33(39(44)53-36)37(29-17-16-18-31(43)19-29)48(13)54(50)41(7,8)9/h16-19,22-23,25-28,30,32,35,37H,20-21,24H2,1-15H3,(H,45,46,47)/t30-,32-,35+,37?,54?/m1/s1. The van der Waals surface area contributed by atoms with Gasteiger partial charge in [0.05, 0.1) is 20.9 Å². The van der Waals surface area contributed by atoms with Gasteiger partial charge in [0.15, 0.2) is 8.32 Å². The average Bonchev–Trinajstić information content (AvgIpc) is 3.66. The number of thiophene rings is 1. The number of nitrogens with one attached hydrogen (secondary N) is 1. The molecule has 3 aromatic rings. The van der Waals surface area contributed by atoms with Crippen molar-refractivity contribution >= 4 is 74.1 Å². The minimum atomic E-state index is -2.20. The maximum atomic E-state index is 14.4. The van der Waals surface area contributed by atoms with Crippen molar-refractivity contribution in [2.45, 2.75) is 154 Å².